The van der Waals surface area contributed by atoms with E-state index in [-0.39, 0.29) is 21.7 Å². The molecule has 2 aliphatic carbocycles. The van der Waals surface area contributed by atoms with Crippen molar-refractivity contribution in [3.8, 4) is 22.3 Å². The first kappa shape index (κ1) is 48.5. The first-order valence-electron chi connectivity index (χ1n) is 28.3. The predicted octanol–water partition coefficient (Wildman–Crippen LogP) is 19.4. The van der Waals surface area contributed by atoms with Crippen molar-refractivity contribution in [1.82, 2.24) is 0 Å². The van der Waals surface area contributed by atoms with Crippen LogP contribution < -0.4 is 10.9 Å². The molecular formula is C66H82O2. The van der Waals surface area contributed by atoms with Crippen LogP contribution in [-0.4, -0.2) is 0 Å². The van der Waals surface area contributed by atoms with Crippen LogP contribution in [0.3, 0.4) is 0 Å². The topological polar surface area (TPSA) is 34.1 Å². The molecule has 0 amide bonds. The van der Waals surface area contributed by atoms with Crippen molar-refractivity contribution in [2.45, 2.75) is 218 Å². The zero-order valence-electron chi connectivity index (χ0n) is 42.7. The molecule has 0 bridgehead atoms. The van der Waals surface area contributed by atoms with Crippen molar-refractivity contribution in [2.24, 2.45) is 0 Å². The van der Waals surface area contributed by atoms with Crippen LogP contribution in [0.2, 0.25) is 0 Å². The summed E-state index contributed by atoms with van der Waals surface area (Å²) in [6.45, 7) is 9.21. The lowest BCUT2D eigenvalue weighted by atomic mass is 9.70. The Kier molecular flexibility index (Phi) is 15.7. The van der Waals surface area contributed by atoms with Crippen LogP contribution >= 0.6 is 0 Å². The van der Waals surface area contributed by atoms with Crippen molar-refractivity contribution < 1.29 is 0 Å². The Bertz CT molecular complexity index is 2690. The van der Waals surface area contributed by atoms with Crippen LogP contribution in [0.25, 0.3) is 65.3 Å². The Balaban J connectivity index is 1.15. The molecule has 0 saturated carbocycles. The molecule has 0 fully saturated rings. The molecule has 358 valence electrons. The third-order valence-corrected chi connectivity index (χ3v) is 17.4. The van der Waals surface area contributed by atoms with E-state index in [4.69, 9.17) is 0 Å². The lowest BCUT2D eigenvalue weighted by Gasteiger charge is -2.33. The van der Waals surface area contributed by atoms with E-state index >= 15 is 0 Å². The van der Waals surface area contributed by atoms with Crippen molar-refractivity contribution in [3.63, 3.8) is 0 Å². The second-order valence-corrected chi connectivity index (χ2v) is 21.8. The van der Waals surface area contributed by atoms with Gasteiger partial charge >= 0.3 is 0 Å². The fourth-order valence-electron chi connectivity index (χ4n) is 13.7. The number of fused-ring (bicyclic) bond motifs is 12. The van der Waals surface area contributed by atoms with Crippen molar-refractivity contribution in [3.05, 3.63) is 128 Å². The predicted molar refractivity (Wildman–Crippen MR) is 296 cm³/mol. The van der Waals surface area contributed by atoms with Gasteiger partial charge < -0.3 is 0 Å². The average Bonchev–Trinajstić information content (AvgIpc) is 4.00. The molecule has 2 nitrogen and oxygen atoms in total. The minimum Gasteiger partial charge on any atom is -0.289 e. The van der Waals surface area contributed by atoms with E-state index in [1.165, 1.54) is 199 Å². The molecule has 2 heteroatoms. The Morgan fingerprint density at radius 1 is 0.279 bits per heavy atom. The van der Waals surface area contributed by atoms with Crippen LogP contribution in [0.5, 0.6) is 0 Å². The summed E-state index contributed by atoms with van der Waals surface area (Å²) in [4.78, 5) is 29.9. The van der Waals surface area contributed by atoms with Crippen LogP contribution in [0.15, 0.2) is 94.5 Å². The summed E-state index contributed by atoms with van der Waals surface area (Å²) in [5, 5.41) is 7.12. The third kappa shape index (κ3) is 9.05. The fourth-order valence-corrected chi connectivity index (χ4v) is 13.7. The second-order valence-electron chi connectivity index (χ2n) is 21.8. The summed E-state index contributed by atoms with van der Waals surface area (Å²) in [5.41, 5.74) is 11.0. The van der Waals surface area contributed by atoms with Crippen LogP contribution in [-0.2, 0) is 10.8 Å². The zero-order valence-corrected chi connectivity index (χ0v) is 42.7. The summed E-state index contributed by atoms with van der Waals surface area (Å²) >= 11 is 0. The van der Waals surface area contributed by atoms with Crippen molar-refractivity contribution >= 4 is 43.1 Å². The zero-order chi connectivity index (χ0) is 47.1. The lowest BCUT2D eigenvalue weighted by molar-refractivity contribution is 0.398. The number of unbranched alkanes of at least 4 members (excludes halogenated alkanes) is 20. The van der Waals surface area contributed by atoms with E-state index in [9.17, 15) is 9.59 Å². The van der Waals surface area contributed by atoms with Gasteiger partial charge in [0.15, 0.2) is 10.9 Å². The Hall–Kier alpha value is -4.56. The van der Waals surface area contributed by atoms with E-state index in [2.05, 4.69) is 113 Å². The number of rotatable bonds is 28. The molecule has 0 spiro atoms. The molecule has 0 atom stereocenters. The summed E-state index contributed by atoms with van der Waals surface area (Å²) in [5.74, 6) is 0. The Morgan fingerprint density at radius 2 is 0.559 bits per heavy atom. The molecule has 0 unspecified atom stereocenters. The van der Waals surface area contributed by atoms with Gasteiger partial charge in [-0.3, -0.25) is 9.59 Å². The van der Waals surface area contributed by atoms with Gasteiger partial charge in [0.05, 0.1) is 0 Å². The van der Waals surface area contributed by atoms with E-state index in [1.54, 1.807) is 0 Å². The van der Waals surface area contributed by atoms with Gasteiger partial charge in [0.1, 0.15) is 0 Å². The molecule has 0 aromatic heterocycles. The Morgan fingerprint density at radius 3 is 0.897 bits per heavy atom. The molecule has 0 heterocycles. The average molecular weight is 907 g/mol. The maximum absolute atomic E-state index is 14.9. The number of hydrogen-bond donors (Lipinski definition) is 0. The number of benzene rings is 5. The quantitative estimate of drug-likeness (QED) is 0.0459. The molecule has 0 radical (unpaired) electrons. The van der Waals surface area contributed by atoms with Crippen molar-refractivity contribution in [2.75, 3.05) is 0 Å². The van der Waals surface area contributed by atoms with Gasteiger partial charge in [-0.2, -0.15) is 0 Å². The van der Waals surface area contributed by atoms with E-state index in [1.807, 2.05) is 0 Å². The van der Waals surface area contributed by atoms with Gasteiger partial charge in [-0.1, -0.05) is 230 Å². The molecule has 7 aromatic carbocycles. The van der Waals surface area contributed by atoms with Gasteiger partial charge in [0.25, 0.3) is 0 Å². The van der Waals surface area contributed by atoms with Gasteiger partial charge in [0, 0.05) is 32.4 Å². The lowest BCUT2D eigenvalue weighted by Crippen LogP contribution is -2.25. The molecular weight excluding hydrogens is 825 g/mol. The first-order chi connectivity index (χ1) is 33.4. The molecule has 0 N–H and O–H groups in total. The second kappa shape index (κ2) is 22.0. The molecule has 9 rings (SSSR count). The third-order valence-electron chi connectivity index (χ3n) is 17.4. The maximum Gasteiger partial charge on any atom is 0.194 e. The van der Waals surface area contributed by atoms with E-state index in [0.717, 1.165) is 68.8 Å². The number of hydrogen-bond acceptors (Lipinski definition) is 2. The summed E-state index contributed by atoms with van der Waals surface area (Å²) < 4.78 is 0. The molecule has 0 saturated heterocycles. The molecule has 0 aliphatic heterocycles. The Labute approximate surface area is 409 Å². The monoisotopic (exact) mass is 907 g/mol. The highest BCUT2D eigenvalue weighted by Gasteiger charge is 2.44. The van der Waals surface area contributed by atoms with E-state index in [0.29, 0.717) is 0 Å². The van der Waals surface area contributed by atoms with Crippen LogP contribution in [0.4, 0.5) is 0 Å². The van der Waals surface area contributed by atoms with Gasteiger partial charge in [-0.15, -0.1) is 0 Å². The van der Waals surface area contributed by atoms with E-state index < -0.39 is 0 Å². The first-order valence-corrected chi connectivity index (χ1v) is 28.3. The SMILES string of the molecule is CCCCCCCCC1(CCCCCCCC)c2ccccc2-c2cc3c(=O)c4cc5c(cc4c3cc21)c(=O)c1cc2c(cc15)C(CCCCCCCC)(CCCCCCCC)c1ccccc1-2. The fraction of sp³-hybridized carbons (Fsp3) is 0.515. The highest BCUT2D eigenvalue weighted by atomic mass is 16.1. The molecule has 2 aliphatic rings. The smallest absolute Gasteiger partial charge is 0.194 e. The molecule has 68 heavy (non-hydrogen) atoms. The summed E-state index contributed by atoms with van der Waals surface area (Å²) in [6.07, 6.45) is 35.4. The minimum atomic E-state index is -0.0700. The van der Waals surface area contributed by atoms with Crippen LogP contribution in [0.1, 0.15) is 230 Å². The highest BCUT2D eigenvalue weighted by Crippen LogP contribution is 2.57. The van der Waals surface area contributed by atoms with Gasteiger partial charge in [-0.25, -0.2) is 0 Å². The summed E-state index contributed by atoms with van der Waals surface area (Å²) in [7, 11) is 0. The van der Waals surface area contributed by atoms with Gasteiger partial charge in [0.2, 0.25) is 0 Å². The molecule has 7 aromatic rings. The van der Waals surface area contributed by atoms with Crippen molar-refractivity contribution in [1.29, 1.82) is 0 Å². The summed E-state index contributed by atoms with van der Waals surface area (Å²) in [6, 6.07) is 32.0. The minimum absolute atomic E-state index is 0.0700. The normalized spacial score (nSPS) is 14.4. The highest BCUT2D eigenvalue weighted by molar-refractivity contribution is 6.22. The van der Waals surface area contributed by atoms with Crippen LogP contribution in [0, 0.1) is 0 Å². The standard InChI is InChI=1S/C66H82O2/c1-5-9-13-17-21-29-37-65(38-30-22-18-14-10-6-2)59-35-27-25-33-47(59)53-43-57-51(45-61(53)65)49-41-56-50(42-55(49)63(57)67)52-46-62-54(44-58(52)64(56)68)48-34-26-28-36-60(48)66(62,39-31-23-19-15-11-7-3)40-32-24-20-16-12-8-4/h25-28,33-36,41-46H,5-24,29-32,37-40H2,1-4H3. The van der Waals surface area contributed by atoms with Gasteiger partial charge in [-0.05, 0) is 128 Å². The maximum atomic E-state index is 14.9. The largest absolute Gasteiger partial charge is 0.289 e.